The third-order valence-electron chi connectivity index (χ3n) is 5.17. The molecule has 0 radical (unpaired) electrons. The van der Waals surface area contributed by atoms with Gasteiger partial charge in [-0.05, 0) is 57.5 Å². The quantitative estimate of drug-likeness (QED) is 0.498. The third-order valence-corrected chi connectivity index (χ3v) is 8.21. The van der Waals surface area contributed by atoms with Gasteiger partial charge in [0.15, 0.2) is 0 Å². The summed E-state index contributed by atoms with van der Waals surface area (Å²) < 4.78 is 29.6. The molecular formula is C21H27N2O3P. The van der Waals surface area contributed by atoms with E-state index in [0.717, 1.165) is 24.4 Å². The van der Waals surface area contributed by atoms with Gasteiger partial charge in [-0.1, -0.05) is 30.3 Å². The van der Waals surface area contributed by atoms with Crippen LogP contribution in [0.15, 0.2) is 54.6 Å². The summed E-state index contributed by atoms with van der Waals surface area (Å²) in [6.07, 6.45) is 0. The molecule has 2 aliphatic rings. The van der Waals surface area contributed by atoms with E-state index in [9.17, 15) is 4.57 Å². The monoisotopic (exact) mass is 386 g/mol. The fourth-order valence-corrected chi connectivity index (χ4v) is 6.50. The minimum absolute atomic E-state index is 0.0765. The summed E-state index contributed by atoms with van der Waals surface area (Å²) in [5, 5.41) is 0. The highest BCUT2D eigenvalue weighted by Crippen LogP contribution is 2.69. The van der Waals surface area contributed by atoms with Crippen LogP contribution in [0.2, 0.25) is 0 Å². The molecule has 0 bridgehead atoms. The standard InChI is InChI=1S/C21H27N2O3P/c1-20(2)15-22(20)27(24,23-16-21(23,3)4)26-19-12-10-18(11-13-19)25-14-17-8-6-5-7-9-17/h5-13H,14-16H2,1-4H3. The minimum Gasteiger partial charge on any atom is -0.489 e. The highest BCUT2D eigenvalue weighted by Gasteiger charge is 2.66. The van der Waals surface area contributed by atoms with E-state index < -0.39 is 7.67 Å². The van der Waals surface area contributed by atoms with Gasteiger partial charge >= 0.3 is 7.67 Å². The van der Waals surface area contributed by atoms with Gasteiger partial charge in [0.1, 0.15) is 18.1 Å². The zero-order chi connectivity index (χ0) is 19.3. The molecule has 2 aromatic rings. The first-order valence-electron chi connectivity index (χ1n) is 9.33. The van der Waals surface area contributed by atoms with Gasteiger partial charge in [-0.3, -0.25) is 0 Å². The first-order chi connectivity index (χ1) is 12.7. The molecule has 2 atom stereocenters. The zero-order valence-electron chi connectivity index (χ0n) is 16.4. The molecule has 0 aromatic heterocycles. The Bertz CT molecular complexity index is 839. The van der Waals surface area contributed by atoms with Crippen molar-refractivity contribution in [1.29, 1.82) is 0 Å². The molecular weight excluding hydrogens is 359 g/mol. The smallest absolute Gasteiger partial charge is 0.396 e. The molecule has 2 saturated heterocycles. The van der Waals surface area contributed by atoms with Crippen molar-refractivity contribution in [3.63, 3.8) is 0 Å². The van der Waals surface area contributed by atoms with Crippen LogP contribution in [-0.2, 0) is 11.2 Å². The predicted molar refractivity (Wildman–Crippen MR) is 107 cm³/mol. The average molecular weight is 386 g/mol. The highest BCUT2D eigenvalue weighted by molar-refractivity contribution is 7.55. The molecule has 0 amide bonds. The van der Waals surface area contributed by atoms with Gasteiger partial charge in [0.05, 0.1) is 0 Å². The largest absolute Gasteiger partial charge is 0.489 e. The molecule has 27 heavy (non-hydrogen) atoms. The minimum atomic E-state index is -3.06. The lowest BCUT2D eigenvalue weighted by molar-refractivity contribution is 0.305. The van der Waals surface area contributed by atoms with Crippen molar-refractivity contribution in [2.75, 3.05) is 13.1 Å². The summed E-state index contributed by atoms with van der Waals surface area (Å²) in [5.41, 5.74) is 0.967. The number of rotatable bonds is 7. The molecule has 2 aromatic carbocycles. The molecule has 2 aliphatic heterocycles. The molecule has 144 valence electrons. The molecule has 0 spiro atoms. The summed E-state index contributed by atoms with van der Waals surface area (Å²) in [6.45, 7) is 10.5. The fourth-order valence-electron chi connectivity index (χ4n) is 3.23. The van der Waals surface area contributed by atoms with E-state index in [4.69, 9.17) is 9.26 Å². The average Bonchev–Trinajstić information content (AvgIpc) is 3.49. The molecule has 6 heteroatoms. The van der Waals surface area contributed by atoms with Crippen LogP contribution < -0.4 is 9.26 Å². The molecule has 0 N–H and O–H groups in total. The Hall–Kier alpha value is -1.81. The first kappa shape index (κ1) is 18.5. The molecule has 0 aliphatic carbocycles. The lowest BCUT2D eigenvalue weighted by atomic mass is 10.2. The SMILES string of the molecule is CC1(C)CN1P(=O)(Oc1ccc(OCc2ccccc2)cc1)N1CC1(C)C. The predicted octanol–water partition coefficient (Wildman–Crippen LogP) is 4.94. The summed E-state index contributed by atoms with van der Waals surface area (Å²) in [6, 6.07) is 17.4. The molecule has 2 fully saturated rings. The van der Waals surface area contributed by atoms with Gasteiger partial charge in [0, 0.05) is 24.2 Å². The molecule has 0 saturated carbocycles. The van der Waals surface area contributed by atoms with Crippen LogP contribution in [0.1, 0.15) is 33.3 Å². The Morgan fingerprint density at radius 1 is 0.852 bits per heavy atom. The second-order valence-electron chi connectivity index (χ2n) is 8.57. The zero-order valence-corrected chi connectivity index (χ0v) is 17.3. The van der Waals surface area contributed by atoms with E-state index >= 15 is 0 Å². The van der Waals surface area contributed by atoms with E-state index in [0.29, 0.717) is 12.4 Å². The van der Waals surface area contributed by atoms with E-state index in [-0.39, 0.29) is 11.1 Å². The number of hydrogen-bond acceptors (Lipinski definition) is 3. The van der Waals surface area contributed by atoms with Crippen LogP contribution >= 0.6 is 7.67 Å². The first-order valence-corrected chi connectivity index (χ1v) is 10.9. The van der Waals surface area contributed by atoms with Crippen molar-refractivity contribution in [1.82, 2.24) is 9.34 Å². The molecule has 2 heterocycles. The van der Waals surface area contributed by atoms with Crippen molar-refractivity contribution in [3.8, 4) is 11.5 Å². The van der Waals surface area contributed by atoms with Gasteiger partial charge in [0.25, 0.3) is 0 Å². The molecule has 5 nitrogen and oxygen atoms in total. The second kappa shape index (κ2) is 6.37. The van der Waals surface area contributed by atoms with Crippen molar-refractivity contribution in [2.24, 2.45) is 0 Å². The van der Waals surface area contributed by atoms with Gasteiger partial charge < -0.3 is 9.26 Å². The Kier molecular flexibility index (Phi) is 4.38. The van der Waals surface area contributed by atoms with Crippen LogP contribution in [0.5, 0.6) is 11.5 Å². The lowest BCUT2D eigenvalue weighted by Gasteiger charge is -2.25. The third kappa shape index (κ3) is 3.77. The van der Waals surface area contributed by atoms with Crippen LogP contribution in [-0.4, -0.2) is 33.5 Å². The van der Waals surface area contributed by atoms with Crippen molar-refractivity contribution < 1.29 is 13.8 Å². The van der Waals surface area contributed by atoms with Gasteiger partial charge in [-0.25, -0.2) is 13.9 Å². The van der Waals surface area contributed by atoms with Gasteiger partial charge in [-0.2, -0.15) is 0 Å². The Labute approximate surface area is 161 Å². The highest BCUT2D eigenvalue weighted by atomic mass is 31.2. The Balaban J connectivity index is 1.44. The number of nitrogens with zero attached hydrogens (tertiary/aromatic N) is 2. The van der Waals surface area contributed by atoms with Crippen molar-refractivity contribution in [2.45, 2.75) is 45.4 Å². The summed E-state index contributed by atoms with van der Waals surface area (Å²) in [7, 11) is -3.06. The van der Waals surface area contributed by atoms with Gasteiger partial charge in [0.2, 0.25) is 0 Å². The maximum Gasteiger partial charge on any atom is 0.396 e. The summed E-state index contributed by atoms with van der Waals surface area (Å²) >= 11 is 0. The van der Waals surface area contributed by atoms with E-state index in [2.05, 4.69) is 27.7 Å². The Morgan fingerprint density at radius 3 is 1.81 bits per heavy atom. The van der Waals surface area contributed by atoms with Crippen LogP contribution in [0.4, 0.5) is 0 Å². The van der Waals surface area contributed by atoms with Crippen molar-refractivity contribution >= 4 is 7.67 Å². The summed E-state index contributed by atoms with van der Waals surface area (Å²) in [5.74, 6) is 1.37. The fraction of sp³-hybridized carbons (Fsp3) is 0.429. The van der Waals surface area contributed by atoms with Gasteiger partial charge in [-0.15, -0.1) is 0 Å². The summed E-state index contributed by atoms with van der Waals surface area (Å²) in [4.78, 5) is 0. The maximum absolute atomic E-state index is 13.7. The van der Waals surface area contributed by atoms with Crippen molar-refractivity contribution in [3.05, 3.63) is 60.2 Å². The molecule has 2 unspecified atom stereocenters. The second-order valence-corrected chi connectivity index (χ2v) is 10.7. The lowest BCUT2D eigenvalue weighted by Crippen LogP contribution is -2.19. The van der Waals surface area contributed by atoms with E-state index in [1.165, 1.54) is 0 Å². The van der Waals surface area contributed by atoms with E-state index in [1.54, 1.807) is 0 Å². The Morgan fingerprint density at radius 2 is 1.33 bits per heavy atom. The van der Waals surface area contributed by atoms with Crippen LogP contribution in [0.25, 0.3) is 0 Å². The van der Waals surface area contributed by atoms with Crippen LogP contribution in [0, 0.1) is 0 Å². The number of hydrogen-bond donors (Lipinski definition) is 0. The normalized spacial score (nSPS) is 26.7. The topological polar surface area (TPSA) is 41.5 Å². The van der Waals surface area contributed by atoms with E-state index in [1.807, 2.05) is 63.9 Å². The number of benzene rings is 2. The number of ether oxygens (including phenoxy) is 1. The maximum atomic E-state index is 13.7. The molecule has 4 rings (SSSR count). The van der Waals surface area contributed by atoms with Crippen LogP contribution in [0.3, 0.4) is 0 Å².